The lowest BCUT2D eigenvalue weighted by Crippen LogP contribution is -2.41. The largest absolute Gasteiger partial charge is 0.345 e. The molecule has 0 bridgehead atoms. The number of carbonyl (C=O) groups excluding carboxylic acids is 2. The number of fused-ring (bicyclic) bond motifs is 1. The molecule has 0 saturated carbocycles. The van der Waals surface area contributed by atoms with Crippen LogP contribution in [0.25, 0.3) is 11.0 Å². The van der Waals surface area contributed by atoms with Crippen molar-refractivity contribution in [1.82, 2.24) is 24.7 Å². The maximum absolute atomic E-state index is 12.3. The average molecular weight is 359 g/mol. The fourth-order valence-electron chi connectivity index (χ4n) is 2.75. The number of aryl methyl sites for hydroxylation is 1. The minimum atomic E-state index is -0.113. The lowest BCUT2D eigenvalue weighted by Gasteiger charge is -2.20. The van der Waals surface area contributed by atoms with Gasteiger partial charge < -0.3 is 19.7 Å². The van der Waals surface area contributed by atoms with Crippen LogP contribution in [0.15, 0.2) is 18.2 Å². The van der Waals surface area contributed by atoms with Crippen molar-refractivity contribution in [2.75, 3.05) is 21.1 Å². The van der Waals surface area contributed by atoms with Crippen LogP contribution < -0.4 is 5.32 Å². The van der Waals surface area contributed by atoms with Crippen LogP contribution in [0.2, 0.25) is 0 Å². The summed E-state index contributed by atoms with van der Waals surface area (Å²) >= 11 is 0. The summed E-state index contributed by atoms with van der Waals surface area (Å²) in [4.78, 5) is 32.3. The summed E-state index contributed by atoms with van der Waals surface area (Å²) in [7, 11) is 5.22. The summed E-state index contributed by atoms with van der Waals surface area (Å²) < 4.78 is 2.08. The molecule has 3 amide bonds. The summed E-state index contributed by atoms with van der Waals surface area (Å²) in [6.07, 6.45) is 0.885. The van der Waals surface area contributed by atoms with Crippen molar-refractivity contribution in [2.24, 2.45) is 0 Å². The van der Waals surface area contributed by atoms with E-state index in [1.807, 2.05) is 39.0 Å². The van der Waals surface area contributed by atoms with E-state index >= 15 is 0 Å². The average Bonchev–Trinajstić information content (AvgIpc) is 2.96. The van der Waals surface area contributed by atoms with Crippen LogP contribution in [0.3, 0.4) is 0 Å². The molecule has 7 nitrogen and oxygen atoms in total. The van der Waals surface area contributed by atoms with Gasteiger partial charge in [0.05, 0.1) is 17.6 Å². The van der Waals surface area contributed by atoms with E-state index in [9.17, 15) is 9.59 Å². The minimum absolute atomic E-state index is 0.0513. The molecule has 1 aromatic heterocycles. The number of benzene rings is 1. The number of hydrogen-bond acceptors (Lipinski definition) is 3. The minimum Gasteiger partial charge on any atom is -0.345 e. The molecule has 0 aliphatic rings. The molecule has 2 aromatic rings. The Balaban J connectivity index is 2.29. The number of urea groups is 1. The van der Waals surface area contributed by atoms with E-state index in [-0.39, 0.29) is 18.0 Å². The van der Waals surface area contributed by atoms with Gasteiger partial charge in [-0.25, -0.2) is 9.78 Å². The Morgan fingerprint density at radius 1 is 1.23 bits per heavy atom. The van der Waals surface area contributed by atoms with Crippen LogP contribution >= 0.6 is 0 Å². The first-order valence-electron chi connectivity index (χ1n) is 9.00. The second kappa shape index (κ2) is 8.21. The van der Waals surface area contributed by atoms with Gasteiger partial charge in [0.15, 0.2) is 0 Å². The first kappa shape index (κ1) is 19.8. The predicted molar refractivity (Wildman–Crippen MR) is 103 cm³/mol. The van der Waals surface area contributed by atoms with Crippen LogP contribution in [0.4, 0.5) is 4.79 Å². The lowest BCUT2D eigenvalue weighted by atomic mass is 10.2. The van der Waals surface area contributed by atoms with E-state index in [4.69, 9.17) is 0 Å². The fourth-order valence-corrected chi connectivity index (χ4v) is 2.75. The molecule has 0 aliphatic heterocycles. The van der Waals surface area contributed by atoms with Crippen LogP contribution in [0.5, 0.6) is 0 Å². The van der Waals surface area contributed by atoms with Crippen LogP contribution in [0, 0.1) is 0 Å². The van der Waals surface area contributed by atoms with Crippen molar-refractivity contribution in [3.05, 3.63) is 29.6 Å². The third-order valence-electron chi connectivity index (χ3n) is 4.50. The van der Waals surface area contributed by atoms with Gasteiger partial charge in [-0.3, -0.25) is 4.79 Å². The smallest absolute Gasteiger partial charge is 0.317 e. The van der Waals surface area contributed by atoms with E-state index in [0.717, 1.165) is 29.8 Å². The van der Waals surface area contributed by atoms with Gasteiger partial charge in [-0.15, -0.1) is 0 Å². The van der Waals surface area contributed by atoms with Crippen LogP contribution in [-0.4, -0.2) is 58.5 Å². The maximum Gasteiger partial charge on any atom is 0.317 e. The standard InChI is InChI=1S/C19H29N5O2/c1-7-13(3)20-19(26)23(6)12-17-21-15-11-14(18(25)22(4)5)9-10-16(15)24(17)8-2/h9-11,13H,7-8,12H2,1-6H3,(H,20,26)/t13-/m1/s1. The number of hydrogen-bond donors (Lipinski definition) is 1. The maximum atomic E-state index is 12.3. The zero-order valence-electron chi connectivity index (χ0n) is 16.5. The van der Waals surface area contributed by atoms with Gasteiger partial charge in [-0.1, -0.05) is 6.92 Å². The Kier molecular flexibility index (Phi) is 6.23. The molecule has 0 aliphatic carbocycles. The molecule has 1 heterocycles. The number of aromatic nitrogens is 2. The highest BCUT2D eigenvalue weighted by Crippen LogP contribution is 2.20. The second-order valence-electron chi connectivity index (χ2n) is 6.79. The molecular formula is C19H29N5O2. The molecule has 1 N–H and O–H groups in total. The highest BCUT2D eigenvalue weighted by atomic mass is 16.2. The molecule has 0 fully saturated rings. The van der Waals surface area contributed by atoms with Crippen LogP contribution in [0.1, 0.15) is 43.4 Å². The monoisotopic (exact) mass is 359 g/mol. The van der Waals surface area contributed by atoms with Crippen molar-refractivity contribution >= 4 is 23.0 Å². The molecule has 0 unspecified atom stereocenters. The molecule has 2 rings (SSSR count). The second-order valence-corrected chi connectivity index (χ2v) is 6.79. The number of nitrogens with one attached hydrogen (secondary N) is 1. The van der Waals surface area contributed by atoms with E-state index in [1.165, 1.54) is 0 Å². The lowest BCUT2D eigenvalue weighted by molar-refractivity contribution is 0.0827. The van der Waals surface area contributed by atoms with E-state index in [1.54, 1.807) is 30.9 Å². The van der Waals surface area contributed by atoms with Crippen molar-refractivity contribution in [3.63, 3.8) is 0 Å². The van der Waals surface area contributed by atoms with Gasteiger partial charge in [0.25, 0.3) is 5.91 Å². The normalized spacial score (nSPS) is 12.1. The van der Waals surface area contributed by atoms with E-state index < -0.39 is 0 Å². The first-order chi connectivity index (χ1) is 12.3. The third kappa shape index (κ3) is 4.15. The number of imidazole rings is 1. The van der Waals surface area contributed by atoms with Gasteiger partial charge in [0, 0.05) is 39.3 Å². The van der Waals surface area contributed by atoms with Gasteiger partial charge in [-0.2, -0.15) is 0 Å². The summed E-state index contributed by atoms with van der Waals surface area (Å²) in [5.41, 5.74) is 2.34. The summed E-state index contributed by atoms with van der Waals surface area (Å²) in [6.45, 7) is 7.21. The van der Waals surface area contributed by atoms with Crippen molar-refractivity contribution in [1.29, 1.82) is 0 Å². The van der Waals surface area contributed by atoms with Crippen molar-refractivity contribution in [2.45, 2.75) is 46.3 Å². The third-order valence-corrected chi connectivity index (χ3v) is 4.50. The Labute approximate surface area is 155 Å². The number of amides is 3. The van der Waals surface area contributed by atoms with E-state index in [0.29, 0.717) is 12.1 Å². The van der Waals surface area contributed by atoms with Gasteiger partial charge in [0.2, 0.25) is 0 Å². The Bertz CT molecular complexity index is 797. The Hall–Kier alpha value is -2.57. The number of nitrogens with zero attached hydrogens (tertiary/aromatic N) is 4. The van der Waals surface area contributed by atoms with Crippen molar-refractivity contribution < 1.29 is 9.59 Å². The fraction of sp³-hybridized carbons (Fsp3) is 0.526. The predicted octanol–water partition coefficient (Wildman–Crippen LogP) is 2.70. The van der Waals surface area contributed by atoms with Crippen molar-refractivity contribution in [3.8, 4) is 0 Å². The topological polar surface area (TPSA) is 70.5 Å². The SMILES string of the molecule is CC[C@@H](C)NC(=O)N(C)Cc1nc2cc(C(=O)N(C)C)ccc2n1CC. The molecule has 142 valence electrons. The Morgan fingerprint density at radius 2 is 1.92 bits per heavy atom. The van der Waals surface area contributed by atoms with E-state index in [2.05, 4.69) is 14.9 Å². The summed E-state index contributed by atoms with van der Waals surface area (Å²) in [5.74, 6) is 0.753. The quantitative estimate of drug-likeness (QED) is 0.862. The molecule has 26 heavy (non-hydrogen) atoms. The first-order valence-corrected chi connectivity index (χ1v) is 9.00. The number of rotatable bonds is 6. The summed E-state index contributed by atoms with van der Waals surface area (Å²) in [5, 5.41) is 2.96. The zero-order valence-corrected chi connectivity index (χ0v) is 16.5. The summed E-state index contributed by atoms with van der Waals surface area (Å²) in [6, 6.07) is 5.58. The highest BCUT2D eigenvalue weighted by molar-refractivity contribution is 5.97. The van der Waals surface area contributed by atoms with Crippen LogP contribution in [-0.2, 0) is 13.1 Å². The number of carbonyl (C=O) groups is 2. The zero-order chi connectivity index (χ0) is 19.4. The molecular weight excluding hydrogens is 330 g/mol. The van der Waals surface area contributed by atoms with Gasteiger partial charge in [0.1, 0.15) is 5.82 Å². The molecule has 0 saturated heterocycles. The molecule has 1 atom stereocenters. The molecule has 0 spiro atoms. The molecule has 7 heteroatoms. The van der Waals surface area contributed by atoms with Gasteiger partial charge >= 0.3 is 6.03 Å². The Morgan fingerprint density at radius 3 is 2.50 bits per heavy atom. The molecule has 1 aromatic carbocycles. The van der Waals surface area contributed by atoms with Gasteiger partial charge in [-0.05, 0) is 38.5 Å². The molecule has 0 radical (unpaired) electrons. The highest BCUT2D eigenvalue weighted by Gasteiger charge is 2.17.